The smallest absolute Gasteiger partial charge is 0.246 e. The molecule has 4 heteroatoms. The number of carbonyl (C=O) groups is 1. The molecule has 0 aromatic heterocycles. The summed E-state index contributed by atoms with van der Waals surface area (Å²) in [6, 6.07) is 5.74. The van der Waals surface area contributed by atoms with E-state index in [0.717, 1.165) is 43.2 Å². The molecule has 1 heterocycles. The molecule has 1 aromatic rings. The van der Waals surface area contributed by atoms with Crippen LogP contribution in [0.25, 0.3) is 6.08 Å². The molecular weight excluding hydrogens is 302 g/mol. The zero-order valence-corrected chi connectivity index (χ0v) is 15.2. The summed E-state index contributed by atoms with van der Waals surface area (Å²) in [6.45, 7) is 8.82. The predicted molar refractivity (Wildman–Crippen MR) is 97.3 cm³/mol. The highest BCUT2D eigenvalue weighted by Crippen LogP contribution is 2.29. The van der Waals surface area contributed by atoms with Crippen LogP contribution in [0.2, 0.25) is 0 Å². The molecule has 0 bridgehead atoms. The van der Waals surface area contributed by atoms with Gasteiger partial charge in [0.1, 0.15) is 0 Å². The van der Waals surface area contributed by atoms with Gasteiger partial charge >= 0.3 is 0 Å². The van der Waals surface area contributed by atoms with Gasteiger partial charge in [-0.25, -0.2) is 0 Å². The van der Waals surface area contributed by atoms with Gasteiger partial charge in [0.2, 0.25) is 5.91 Å². The lowest BCUT2D eigenvalue weighted by Gasteiger charge is -2.29. The Kier molecular flexibility index (Phi) is 6.71. The highest BCUT2D eigenvalue weighted by Gasteiger charge is 2.18. The number of benzene rings is 1. The number of likely N-dealkylation sites (tertiary alicyclic amines) is 1. The van der Waals surface area contributed by atoms with Crippen LogP contribution >= 0.6 is 0 Å². The Morgan fingerprint density at radius 2 is 2.00 bits per heavy atom. The maximum Gasteiger partial charge on any atom is 0.246 e. The second-order valence-electron chi connectivity index (χ2n) is 6.96. The molecule has 0 radical (unpaired) electrons. The molecule has 1 aromatic carbocycles. The molecule has 0 spiro atoms. The monoisotopic (exact) mass is 331 g/mol. The van der Waals surface area contributed by atoms with E-state index in [4.69, 9.17) is 9.47 Å². The van der Waals surface area contributed by atoms with E-state index in [1.54, 1.807) is 13.2 Å². The number of hydrogen-bond donors (Lipinski definition) is 0. The lowest BCUT2D eigenvalue weighted by molar-refractivity contribution is -0.127. The van der Waals surface area contributed by atoms with Gasteiger partial charge < -0.3 is 14.4 Å². The Morgan fingerprint density at radius 1 is 1.29 bits per heavy atom. The summed E-state index contributed by atoms with van der Waals surface area (Å²) in [5, 5.41) is 0. The van der Waals surface area contributed by atoms with Gasteiger partial charge in [-0.1, -0.05) is 26.8 Å². The number of piperidine rings is 1. The van der Waals surface area contributed by atoms with Crippen LogP contribution in [0, 0.1) is 11.8 Å². The molecule has 1 aliphatic rings. The van der Waals surface area contributed by atoms with E-state index < -0.39 is 0 Å². The molecule has 1 amide bonds. The molecule has 0 N–H and O–H groups in total. The van der Waals surface area contributed by atoms with E-state index >= 15 is 0 Å². The third-order valence-electron chi connectivity index (χ3n) is 4.27. The minimum Gasteiger partial charge on any atom is -0.493 e. The van der Waals surface area contributed by atoms with E-state index in [2.05, 4.69) is 20.8 Å². The molecule has 1 aliphatic heterocycles. The zero-order chi connectivity index (χ0) is 17.5. The highest BCUT2D eigenvalue weighted by molar-refractivity contribution is 5.91. The van der Waals surface area contributed by atoms with Crippen LogP contribution in [0.5, 0.6) is 11.5 Å². The van der Waals surface area contributed by atoms with Gasteiger partial charge in [0.15, 0.2) is 11.5 Å². The van der Waals surface area contributed by atoms with Crippen molar-refractivity contribution >= 4 is 12.0 Å². The fourth-order valence-corrected chi connectivity index (χ4v) is 2.67. The van der Waals surface area contributed by atoms with E-state index in [0.29, 0.717) is 18.3 Å². The van der Waals surface area contributed by atoms with Crippen molar-refractivity contribution < 1.29 is 14.3 Å². The first-order valence-corrected chi connectivity index (χ1v) is 8.77. The van der Waals surface area contributed by atoms with Crippen molar-refractivity contribution in [2.45, 2.75) is 33.6 Å². The first kappa shape index (κ1) is 18.4. The lowest BCUT2D eigenvalue weighted by Crippen LogP contribution is -2.36. The summed E-state index contributed by atoms with van der Waals surface area (Å²) in [4.78, 5) is 14.2. The van der Waals surface area contributed by atoms with Crippen molar-refractivity contribution in [2.75, 3.05) is 26.8 Å². The van der Waals surface area contributed by atoms with Crippen LogP contribution in [-0.4, -0.2) is 37.6 Å². The van der Waals surface area contributed by atoms with E-state index in [1.807, 2.05) is 29.2 Å². The highest BCUT2D eigenvalue weighted by atomic mass is 16.5. The van der Waals surface area contributed by atoms with Crippen molar-refractivity contribution in [1.82, 2.24) is 4.90 Å². The van der Waals surface area contributed by atoms with Crippen LogP contribution < -0.4 is 9.47 Å². The zero-order valence-electron chi connectivity index (χ0n) is 15.2. The molecule has 4 nitrogen and oxygen atoms in total. The minimum atomic E-state index is 0.0843. The van der Waals surface area contributed by atoms with E-state index in [-0.39, 0.29) is 5.91 Å². The van der Waals surface area contributed by atoms with Crippen LogP contribution in [0.15, 0.2) is 24.3 Å². The summed E-state index contributed by atoms with van der Waals surface area (Å²) in [5.74, 6) is 2.69. The van der Waals surface area contributed by atoms with Crippen molar-refractivity contribution in [1.29, 1.82) is 0 Å². The number of nitrogens with zero attached hydrogens (tertiary/aromatic N) is 1. The van der Waals surface area contributed by atoms with E-state index in [1.165, 1.54) is 0 Å². The van der Waals surface area contributed by atoms with Gasteiger partial charge in [0, 0.05) is 19.2 Å². The Morgan fingerprint density at radius 3 is 2.62 bits per heavy atom. The van der Waals surface area contributed by atoms with Crippen molar-refractivity contribution in [3.8, 4) is 11.5 Å². The largest absolute Gasteiger partial charge is 0.493 e. The maximum absolute atomic E-state index is 12.3. The van der Waals surface area contributed by atoms with Crippen molar-refractivity contribution in [3.05, 3.63) is 29.8 Å². The number of hydrogen-bond acceptors (Lipinski definition) is 3. The molecule has 0 aliphatic carbocycles. The SMILES string of the molecule is COc1cc(/C=C/C(=O)N2CCC(C)CC2)ccc1OCC(C)C. The van der Waals surface area contributed by atoms with Crippen LogP contribution in [0.1, 0.15) is 39.2 Å². The first-order chi connectivity index (χ1) is 11.5. The van der Waals surface area contributed by atoms with Crippen molar-refractivity contribution in [3.63, 3.8) is 0 Å². The average Bonchev–Trinajstić information content (AvgIpc) is 2.58. The summed E-state index contributed by atoms with van der Waals surface area (Å²) in [6.07, 6.45) is 5.68. The molecule has 0 unspecified atom stereocenters. The second kappa shape index (κ2) is 8.76. The van der Waals surface area contributed by atoms with E-state index in [9.17, 15) is 4.79 Å². The average molecular weight is 331 g/mol. The predicted octanol–water partition coefficient (Wildman–Crippen LogP) is 4.00. The first-order valence-electron chi connectivity index (χ1n) is 8.77. The Hall–Kier alpha value is -1.97. The van der Waals surface area contributed by atoms with Crippen molar-refractivity contribution in [2.24, 2.45) is 11.8 Å². The summed E-state index contributed by atoms with van der Waals surface area (Å²) in [5.41, 5.74) is 0.933. The van der Waals surface area contributed by atoms with Gasteiger partial charge in [0.25, 0.3) is 0 Å². The fraction of sp³-hybridized carbons (Fsp3) is 0.550. The van der Waals surface area contributed by atoms with Crippen LogP contribution in [0.3, 0.4) is 0 Å². The molecule has 0 atom stereocenters. The number of amides is 1. The van der Waals surface area contributed by atoms with Gasteiger partial charge in [-0.05, 0) is 48.4 Å². The number of methoxy groups -OCH3 is 1. The fourth-order valence-electron chi connectivity index (χ4n) is 2.67. The summed E-state index contributed by atoms with van der Waals surface area (Å²) in [7, 11) is 1.63. The molecular formula is C20H29NO3. The molecule has 24 heavy (non-hydrogen) atoms. The van der Waals surface area contributed by atoms with Gasteiger partial charge in [0.05, 0.1) is 13.7 Å². The molecule has 0 saturated carbocycles. The topological polar surface area (TPSA) is 38.8 Å². The Balaban J connectivity index is 1.99. The number of rotatable bonds is 6. The molecule has 1 saturated heterocycles. The lowest BCUT2D eigenvalue weighted by atomic mass is 9.99. The third-order valence-corrected chi connectivity index (χ3v) is 4.27. The van der Waals surface area contributed by atoms with Gasteiger partial charge in [-0.15, -0.1) is 0 Å². The Labute approximate surface area is 145 Å². The van der Waals surface area contributed by atoms with Crippen LogP contribution in [-0.2, 0) is 4.79 Å². The standard InChI is InChI=1S/C20H29NO3/c1-15(2)14-24-18-7-5-17(13-19(18)23-4)6-8-20(22)21-11-9-16(3)10-12-21/h5-8,13,15-16H,9-12,14H2,1-4H3/b8-6+. The number of ether oxygens (including phenoxy) is 2. The maximum atomic E-state index is 12.3. The molecule has 2 rings (SSSR count). The van der Waals surface area contributed by atoms with Gasteiger partial charge in [-0.2, -0.15) is 0 Å². The van der Waals surface area contributed by atoms with Crippen LogP contribution in [0.4, 0.5) is 0 Å². The second-order valence-corrected chi connectivity index (χ2v) is 6.96. The molecule has 132 valence electrons. The number of carbonyl (C=O) groups excluding carboxylic acids is 1. The van der Waals surface area contributed by atoms with Gasteiger partial charge in [-0.3, -0.25) is 4.79 Å². The quantitative estimate of drug-likeness (QED) is 0.740. The summed E-state index contributed by atoms with van der Waals surface area (Å²) >= 11 is 0. The third kappa shape index (κ3) is 5.29. The summed E-state index contributed by atoms with van der Waals surface area (Å²) < 4.78 is 11.1. The Bertz CT molecular complexity index is 572. The normalized spacial score (nSPS) is 16.0. The molecule has 1 fully saturated rings. The minimum absolute atomic E-state index is 0.0843.